The first kappa shape index (κ1) is 12.4. The molecule has 0 atom stereocenters. The van der Waals surface area contributed by atoms with Gasteiger partial charge in [-0.3, -0.25) is 0 Å². The van der Waals surface area contributed by atoms with Crippen LogP contribution in [0.1, 0.15) is 36.4 Å². The molecule has 3 heteroatoms. The monoisotopic (exact) mass is 255 g/mol. The molecule has 0 amide bonds. The second kappa shape index (κ2) is 4.49. The van der Waals surface area contributed by atoms with Gasteiger partial charge in [0.2, 0.25) is 0 Å². The smallest absolute Gasteiger partial charge is 0.0955 e. The van der Waals surface area contributed by atoms with Crippen molar-refractivity contribution in [3.8, 4) is 0 Å². The quantitative estimate of drug-likeness (QED) is 0.894. The Bertz CT molecular complexity index is 596. The molecule has 0 unspecified atom stereocenters. The summed E-state index contributed by atoms with van der Waals surface area (Å²) < 4.78 is 2.31. The van der Waals surface area contributed by atoms with Crippen molar-refractivity contribution in [2.75, 3.05) is 6.54 Å². The van der Waals surface area contributed by atoms with E-state index in [0.717, 1.165) is 19.5 Å². The summed E-state index contributed by atoms with van der Waals surface area (Å²) in [5.74, 6) is 0. The minimum Gasteiger partial charge on any atom is -0.330 e. The number of nitrogens with one attached hydrogen (secondary N) is 1. The van der Waals surface area contributed by atoms with E-state index in [1.54, 1.807) is 0 Å². The largest absolute Gasteiger partial charge is 0.330 e. The Hall–Kier alpha value is -1.61. The number of fused-ring (bicyclic) bond motifs is 1. The lowest BCUT2D eigenvalue weighted by molar-refractivity contribution is 0.368. The Labute approximate surface area is 114 Å². The molecule has 0 fully saturated rings. The fraction of sp³-hybridized carbons (Fsp3) is 0.438. The van der Waals surface area contributed by atoms with Gasteiger partial charge < -0.3 is 9.88 Å². The summed E-state index contributed by atoms with van der Waals surface area (Å²) in [5, 5.41) is 3.53. The van der Waals surface area contributed by atoms with Crippen molar-refractivity contribution in [2.45, 2.75) is 39.3 Å². The summed E-state index contributed by atoms with van der Waals surface area (Å²) in [7, 11) is 0. The first-order valence-electron chi connectivity index (χ1n) is 6.92. The van der Waals surface area contributed by atoms with Crippen molar-refractivity contribution in [3.05, 3.63) is 53.1 Å². The van der Waals surface area contributed by atoms with Crippen LogP contribution >= 0.6 is 0 Å². The lowest BCUT2D eigenvalue weighted by atomic mass is 9.93. The van der Waals surface area contributed by atoms with Crippen molar-refractivity contribution in [2.24, 2.45) is 0 Å². The third-order valence-corrected chi connectivity index (χ3v) is 4.07. The number of hydrogen-bond acceptors (Lipinski definition) is 2. The molecule has 0 spiro atoms. The molecule has 2 aromatic rings. The highest BCUT2D eigenvalue weighted by Crippen LogP contribution is 2.27. The molecular formula is C16H21N3. The van der Waals surface area contributed by atoms with Gasteiger partial charge in [-0.05, 0) is 31.9 Å². The van der Waals surface area contributed by atoms with Crippen LogP contribution < -0.4 is 5.32 Å². The summed E-state index contributed by atoms with van der Waals surface area (Å²) >= 11 is 0. The third-order valence-electron chi connectivity index (χ3n) is 4.07. The van der Waals surface area contributed by atoms with Crippen molar-refractivity contribution in [1.82, 2.24) is 14.9 Å². The van der Waals surface area contributed by atoms with Gasteiger partial charge in [0.15, 0.2) is 0 Å². The number of rotatable bonds is 2. The first-order valence-corrected chi connectivity index (χ1v) is 6.92. The van der Waals surface area contributed by atoms with E-state index in [9.17, 15) is 0 Å². The minimum atomic E-state index is -0.00936. The number of imidazole rings is 1. The molecule has 3 nitrogen and oxygen atoms in total. The van der Waals surface area contributed by atoms with Crippen LogP contribution in [-0.4, -0.2) is 16.1 Å². The van der Waals surface area contributed by atoms with Crippen LogP contribution in [0.5, 0.6) is 0 Å². The zero-order valence-electron chi connectivity index (χ0n) is 11.9. The zero-order chi connectivity index (χ0) is 13.5. The Morgan fingerprint density at radius 1 is 1.32 bits per heavy atom. The first-order chi connectivity index (χ1) is 9.08. The topological polar surface area (TPSA) is 29.9 Å². The molecule has 0 saturated carbocycles. The lowest BCUT2D eigenvalue weighted by Crippen LogP contribution is -2.43. The normalized spacial score (nSPS) is 17.2. The highest BCUT2D eigenvalue weighted by atomic mass is 15.1. The van der Waals surface area contributed by atoms with E-state index in [0.29, 0.717) is 0 Å². The maximum atomic E-state index is 4.64. The van der Waals surface area contributed by atoms with Gasteiger partial charge in [-0.2, -0.15) is 0 Å². The standard InChI is InChI=1S/C16H21N3/c1-12-6-4-5-7-13(12)10-19-11-17-15-14(19)8-9-18-16(15,2)3/h4-7,11,18H,8-10H2,1-3H3. The number of nitrogens with zero attached hydrogens (tertiary/aromatic N) is 2. The van der Waals surface area contributed by atoms with Crippen LogP contribution in [0.25, 0.3) is 0 Å². The van der Waals surface area contributed by atoms with Crippen molar-refractivity contribution in [1.29, 1.82) is 0 Å². The second-order valence-electron chi connectivity index (χ2n) is 5.90. The van der Waals surface area contributed by atoms with Crippen LogP contribution in [0.4, 0.5) is 0 Å². The number of hydrogen-bond donors (Lipinski definition) is 1. The highest BCUT2D eigenvalue weighted by Gasteiger charge is 2.30. The van der Waals surface area contributed by atoms with E-state index < -0.39 is 0 Å². The molecule has 100 valence electrons. The van der Waals surface area contributed by atoms with Gasteiger partial charge in [0.1, 0.15) is 0 Å². The molecule has 0 bridgehead atoms. The average molecular weight is 255 g/mol. The molecule has 1 aliphatic heterocycles. The number of benzene rings is 1. The zero-order valence-corrected chi connectivity index (χ0v) is 11.9. The van der Waals surface area contributed by atoms with Gasteiger partial charge >= 0.3 is 0 Å². The molecule has 0 aliphatic carbocycles. The Balaban J connectivity index is 1.96. The summed E-state index contributed by atoms with van der Waals surface area (Å²) in [6.45, 7) is 8.53. The van der Waals surface area contributed by atoms with Gasteiger partial charge in [0.25, 0.3) is 0 Å². The fourth-order valence-corrected chi connectivity index (χ4v) is 2.88. The van der Waals surface area contributed by atoms with Gasteiger partial charge in [0.05, 0.1) is 17.6 Å². The van der Waals surface area contributed by atoms with Gasteiger partial charge in [-0.15, -0.1) is 0 Å². The molecule has 3 rings (SSSR count). The van der Waals surface area contributed by atoms with E-state index in [4.69, 9.17) is 0 Å². The van der Waals surface area contributed by atoms with Crippen LogP contribution in [0.15, 0.2) is 30.6 Å². The van der Waals surface area contributed by atoms with E-state index in [1.807, 2.05) is 6.33 Å². The Morgan fingerprint density at radius 2 is 2.11 bits per heavy atom. The summed E-state index contributed by atoms with van der Waals surface area (Å²) in [4.78, 5) is 4.64. The van der Waals surface area contributed by atoms with Gasteiger partial charge in [-0.1, -0.05) is 24.3 Å². The fourth-order valence-electron chi connectivity index (χ4n) is 2.88. The lowest BCUT2D eigenvalue weighted by Gasteiger charge is -2.31. The molecule has 0 radical (unpaired) electrons. The van der Waals surface area contributed by atoms with E-state index in [-0.39, 0.29) is 5.54 Å². The van der Waals surface area contributed by atoms with Crippen LogP contribution in [-0.2, 0) is 18.5 Å². The summed E-state index contributed by atoms with van der Waals surface area (Å²) in [5.41, 5.74) is 5.29. The maximum absolute atomic E-state index is 4.64. The molecule has 19 heavy (non-hydrogen) atoms. The van der Waals surface area contributed by atoms with Crippen LogP contribution in [0.3, 0.4) is 0 Å². The molecule has 0 saturated heterocycles. The highest BCUT2D eigenvalue weighted by molar-refractivity contribution is 5.29. The number of aryl methyl sites for hydroxylation is 1. The average Bonchev–Trinajstić information content (AvgIpc) is 2.77. The maximum Gasteiger partial charge on any atom is 0.0955 e. The molecule has 1 N–H and O–H groups in total. The van der Waals surface area contributed by atoms with Crippen molar-refractivity contribution < 1.29 is 0 Å². The summed E-state index contributed by atoms with van der Waals surface area (Å²) in [6.07, 6.45) is 3.05. The second-order valence-corrected chi connectivity index (χ2v) is 5.90. The van der Waals surface area contributed by atoms with Crippen molar-refractivity contribution in [3.63, 3.8) is 0 Å². The van der Waals surface area contributed by atoms with Gasteiger partial charge in [-0.25, -0.2) is 4.98 Å². The molecule has 1 aromatic carbocycles. The predicted octanol–water partition coefficient (Wildman–Crippen LogP) is 2.62. The van der Waals surface area contributed by atoms with E-state index in [2.05, 4.69) is 59.9 Å². The molecule has 1 aromatic heterocycles. The predicted molar refractivity (Wildman–Crippen MR) is 77.2 cm³/mol. The molecule has 1 aliphatic rings. The minimum absolute atomic E-state index is 0.00936. The number of aromatic nitrogens is 2. The van der Waals surface area contributed by atoms with Crippen molar-refractivity contribution >= 4 is 0 Å². The summed E-state index contributed by atoms with van der Waals surface area (Å²) in [6, 6.07) is 8.57. The Morgan fingerprint density at radius 3 is 2.89 bits per heavy atom. The van der Waals surface area contributed by atoms with Gasteiger partial charge in [0, 0.05) is 25.2 Å². The van der Waals surface area contributed by atoms with Crippen LogP contribution in [0, 0.1) is 6.92 Å². The third kappa shape index (κ3) is 2.19. The van der Waals surface area contributed by atoms with E-state index in [1.165, 1.54) is 22.5 Å². The molecular weight excluding hydrogens is 234 g/mol. The van der Waals surface area contributed by atoms with Crippen LogP contribution in [0.2, 0.25) is 0 Å². The Kier molecular flexibility index (Phi) is 2.94. The SMILES string of the molecule is Cc1ccccc1Cn1cnc2c1CCNC2(C)C. The molecule has 2 heterocycles. The van der Waals surface area contributed by atoms with E-state index >= 15 is 0 Å².